The van der Waals surface area contributed by atoms with Crippen LogP contribution in [0.3, 0.4) is 0 Å². The summed E-state index contributed by atoms with van der Waals surface area (Å²) in [5, 5.41) is 0. The van der Waals surface area contributed by atoms with E-state index in [2.05, 4.69) is 25.2 Å². The van der Waals surface area contributed by atoms with Crippen LogP contribution in [0.2, 0.25) is 0 Å². The standard InChI is InChI=1S/C11H18O/c1-10-5-7-11(8-6-10)4-3-9-12-2/h5,7-8,10H,3-4,6,9H2,1-2H3. The van der Waals surface area contributed by atoms with Crippen molar-refractivity contribution in [2.75, 3.05) is 13.7 Å². The van der Waals surface area contributed by atoms with Gasteiger partial charge >= 0.3 is 0 Å². The zero-order chi connectivity index (χ0) is 8.81. The lowest BCUT2D eigenvalue weighted by Gasteiger charge is -2.11. The maximum atomic E-state index is 5.00. The molecular weight excluding hydrogens is 148 g/mol. The highest BCUT2D eigenvalue weighted by molar-refractivity contribution is 5.23. The Morgan fingerprint density at radius 3 is 3.00 bits per heavy atom. The first kappa shape index (κ1) is 9.53. The minimum absolute atomic E-state index is 0.733. The van der Waals surface area contributed by atoms with Crippen LogP contribution in [0.1, 0.15) is 26.2 Å². The third-order valence-electron chi connectivity index (χ3n) is 2.20. The topological polar surface area (TPSA) is 9.23 Å². The monoisotopic (exact) mass is 166 g/mol. The molecule has 0 heterocycles. The average Bonchev–Trinajstić information content (AvgIpc) is 2.09. The molecule has 1 unspecified atom stereocenters. The van der Waals surface area contributed by atoms with Crippen LogP contribution in [0.5, 0.6) is 0 Å². The van der Waals surface area contributed by atoms with E-state index in [1.54, 1.807) is 7.11 Å². The summed E-state index contributed by atoms with van der Waals surface area (Å²) in [6, 6.07) is 0. The maximum Gasteiger partial charge on any atom is 0.0465 e. The molecule has 1 aliphatic carbocycles. The molecule has 0 saturated heterocycles. The second-order valence-corrected chi connectivity index (χ2v) is 3.45. The van der Waals surface area contributed by atoms with E-state index in [9.17, 15) is 0 Å². The second kappa shape index (κ2) is 5.15. The Labute approximate surface area is 75.1 Å². The van der Waals surface area contributed by atoms with Gasteiger partial charge in [-0.3, -0.25) is 0 Å². The molecule has 0 radical (unpaired) electrons. The summed E-state index contributed by atoms with van der Waals surface area (Å²) < 4.78 is 5.00. The van der Waals surface area contributed by atoms with Gasteiger partial charge in [0, 0.05) is 13.7 Å². The van der Waals surface area contributed by atoms with E-state index in [1.165, 1.54) is 12.0 Å². The molecule has 0 bridgehead atoms. The molecule has 0 saturated carbocycles. The predicted molar refractivity (Wildman–Crippen MR) is 52.1 cm³/mol. The van der Waals surface area contributed by atoms with Crippen LogP contribution < -0.4 is 0 Å². The smallest absolute Gasteiger partial charge is 0.0465 e. The first-order valence-electron chi connectivity index (χ1n) is 4.69. The second-order valence-electron chi connectivity index (χ2n) is 3.45. The van der Waals surface area contributed by atoms with E-state index in [-0.39, 0.29) is 0 Å². The summed E-state index contributed by atoms with van der Waals surface area (Å²) in [7, 11) is 1.76. The lowest BCUT2D eigenvalue weighted by atomic mass is 9.96. The molecule has 1 nitrogen and oxygen atoms in total. The van der Waals surface area contributed by atoms with Gasteiger partial charge in [0.05, 0.1) is 0 Å². The molecule has 1 atom stereocenters. The van der Waals surface area contributed by atoms with Gasteiger partial charge in [-0.1, -0.05) is 30.7 Å². The first-order valence-corrected chi connectivity index (χ1v) is 4.69. The van der Waals surface area contributed by atoms with Gasteiger partial charge in [0.1, 0.15) is 0 Å². The molecule has 0 aromatic rings. The van der Waals surface area contributed by atoms with Crippen molar-refractivity contribution in [3.63, 3.8) is 0 Å². The fourth-order valence-electron chi connectivity index (χ4n) is 1.38. The molecule has 1 heteroatoms. The molecule has 1 rings (SSSR count). The summed E-state index contributed by atoms with van der Waals surface area (Å²) in [5.41, 5.74) is 1.48. The normalized spacial score (nSPS) is 22.5. The summed E-state index contributed by atoms with van der Waals surface area (Å²) in [5.74, 6) is 0.733. The highest BCUT2D eigenvalue weighted by Crippen LogP contribution is 2.18. The van der Waals surface area contributed by atoms with Crippen molar-refractivity contribution < 1.29 is 4.74 Å². The van der Waals surface area contributed by atoms with Gasteiger partial charge < -0.3 is 4.74 Å². The molecular formula is C11H18O. The third-order valence-corrected chi connectivity index (χ3v) is 2.20. The van der Waals surface area contributed by atoms with Gasteiger partial charge in [-0.05, 0) is 25.2 Å². The minimum atomic E-state index is 0.733. The van der Waals surface area contributed by atoms with Crippen LogP contribution in [-0.2, 0) is 4.74 Å². The summed E-state index contributed by atoms with van der Waals surface area (Å²) in [6.07, 6.45) is 10.4. The van der Waals surface area contributed by atoms with E-state index in [1.807, 2.05) is 0 Å². The van der Waals surface area contributed by atoms with Crippen LogP contribution >= 0.6 is 0 Å². The number of ether oxygens (including phenoxy) is 1. The summed E-state index contributed by atoms with van der Waals surface area (Å²) in [6.45, 7) is 3.12. The number of rotatable bonds is 4. The quantitative estimate of drug-likeness (QED) is 0.583. The maximum absolute atomic E-state index is 5.00. The van der Waals surface area contributed by atoms with E-state index in [0.29, 0.717) is 0 Å². The van der Waals surface area contributed by atoms with Crippen LogP contribution in [0, 0.1) is 5.92 Å². The number of methoxy groups -OCH3 is 1. The lowest BCUT2D eigenvalue weighted by Crippen LogP contribution is -1.96. The number of hydrogen-bond acceptors (Lipinski definition) is 1. The number of allylic oxidation sites excluding steroid dienone is 4. The van der Waals surface area contributed by atoms with Gasteiger partial charge in [0.15, 0.2) is 0 Å². The summed E-state index contributed by atoms with van der Waals surface area (Å²) in [4.78, 5) is 0. The summed E-state index contributed by atoms with van der Waals surface area (Å²) >= 11 is 0. The van der Waals surface area contributed by atoms with Gasteiger partial charge in [0.2, 0.25) is 0 Å². The molecule has 0 spiro atoms. The van der Waals surface area contributed by atoms with Gasteiger partial charge in [-0.15, -0.1) is 0 Å². The van der Waals surface area contributed by atoms with E-state index < -0.39 is 0 Å². The van der Waals surface area contributed by atoms with E-state index >= 15 is 0 Å². The Morgan fingerprint density at radius 2 is 2.42 bits per heavy atom. The molecule has 0 aromatic heterocycles. The Hall–Kier alpha value is -0.560. The molecule has 0 N–H and O–H groups in total. The van der Waals surface area contributed by atoms with Crippen molar-refractivity contribution in [1.82, 2.24) is 0 Å². The molecule has 0 amide bonds. The van der Waals surface area contributed by atoms with Gasteiger partial charge in [-0.2, -0.15) is 0 Å². The van der Waals surface area contributed by atoms with Crippen LogP contribution in [0.25, 0.3) is 0 Å². The largest absolute Gasteiger partial charge is 0.385 e. The SMILES string of the molecule is COCCCC1=CCC(C)C=C1. The fraction of sp³-hybridized carbons (Fsp3) is 0.636. The Balaban J connectivity index is 2.21. The van der Waals surface area contributed by atoms with Crippen LogP contribution in [-0.4, -0.2) is 13.7 Å². The average molecular weight is 166 g/mol. The third kappa shape index (κ3) is 3.22. The minimum Gasteiger partial charge on any atom is -0.385 e. The molecule has 1 aliphatic rings. The highest BCUT2D eigenvalue weighted by Gasteiger charge is 2.02. The zero-order valence-corrected chi connectivity index (χ0v) is 8.05. The van der Waals surface area contributed by atoms with Crippen molar-refractivity contribution in [2.45, 2.75) is 26.2 Å². The van der Waals surface area contributed by atoms with Gasteiger partial charge in [-0.25, -0.2) is 0 Å². The van der Waals surface area contributed by atoms with Crippen molar-refractivity contribution >= 4 is 0 Å². The molecule has 12 heavy (non-hydrogen) atoms. The predicted octanol–water partition coefficient (Wildman–Crippen LogP) is 2.94. The van der Waals surface area contributed by atoms with Crippen molar-refractivity contribution in [1.29, 1.82) is 0 Å². The Morgan fingerprint density at radius 1 is 1.58 bits per heavy atom. The molecule has 0 aromatic carbocycles. The zero-order valence-electron chi connectivity index (χ0n) is 8.05. The fourth-order valence-corrected chi connectivity index (χ4v) is 1.38. The molecule has 68 valence electrons. The molecule has 0 aliphatic heterocycles. The van der Waals surface area contributed by atoms with Gasteiger partial charge in [0.25, 0.3) is 0 Å². The van der Waals surface area contributed by atoms with Crippen LogP contribution in [0.15, 0.2) is 23.8 Å². The Kier molecular flexibility index (Phi) is 4.09. The highest BCUT2D eigenvalue weighted by atomic mass is 16.5. The van der Waals surface area contributed by atoms with E-state index in [0.717, 1.165) is 25.4 Å². The lowest BCUT2D eigenvalue weighted by molar-refractivity contribution is 0.195. The van der Waals surface area contributed by atoms with E-state index in [4.69, 9.17) is 4.74 Å². The number of hydrogen-bond donors (Lipinski definition) is 0. The van der Waals surface area contributed by atoms with Crippen molar-refractivity contribution in [3.8, 4) is 0 Å². The van der Waals surface area contributed by atoms with Crippen molar-refractivity contribution in [3.05, 3.63) is 23.8 Å². The van der Waals surface area contributed by atoms with Crippen LogP contribution in [0.4, 0.5) is 0 Å². The van der Waals surface area contributed by atoms with Crippen molar-refractivity contribution in [2.24, 2.45) is 5.92 Å². The Bertz CT molecular complexity index is 179. The molecule has 0 fully saturated rings. The first-order chi connectivity index (χ1) is 5.83.